The normalized spacial score (nSPS) is 33.7. The van der Waals surface area contributed by atoms with Gasteiger partial charge in [-0.25, -0.2) is 9.18 Å². The van der Waals surface area contributed by atoms with Crippen molar-refractivity contribution in [3.05, 3.63) is 29.6 Å². The highest BCUT2D eigenvalue weighted by atomic mass is 32.2. The average Bonchev–Trinajstić information content (AvgIpc) is 2.49. The number of ether oxygens (including phenoxy) is 1. The molecule has 5 N–H and O–H groups in total. The summed E-state index contributed by atoms with van der Waals surface area (Å²) < 4.78 is 20.2. The van der Waals surface area contributed by atoms with E-state index in [9.17, 15) is 9.18 Å². The van der Waals surface area contributed by atoms with E-state index in [1.807, 2.05) is 0 Å². The Balaban J connectivity index is 2.03. The van der Waals surface area contributed by atoms with E-state index in [0.29, 0.717) is 23.6 Å². The van der Waals surface area contributed by atoms with E-state index in [0.717, 1.165) is 0 Å². The van der Waals surface area contributed by atoms with Crippen LogP contribution in [0.5, 0.6) is 0 Å². The lowest BCUT2D eigenvalue weighted by Gasteiger charge is -2.52. The summed E-state index contributed by atoms with van der Waals surface area (Å²) in [6.07, 6.45) is -1.12. The predicted octanol–water partition coefficient (Wildman–Crippen LogP) is 1.77. The summed E-state index contributed by atoms with van der Waals surface area (Å²) >= 11 is 1.47. The molecule has 1 amide bonds. The Kier molecular flexibility index (Phi) is 4.39. The van der Waals surface area contributed by atoms with Crippen LogP contribution >= 0.6 is 11.8 Å². The van der Waals surface area contributed by atoms with E-state index in [1.54, 1.807) is 6.07 Å². The number of hydrogen-bond donors (Lipinski definition) is 4. The maximum Gasteiger partial charge on any atom is 0.406 e. The van der Waals surface area contributed by atoms with Gasteiger partial charge in [0.15, 0.2) is 0 Å². The molecule has 3 rings (SSSR count). The molecule has 0 spiro atoms. The molecule has 1 aromatic rings. The van der Waals surface area contributed by atoms with Crippen molar-refractivity contribution in [1.82, 2.24) is 10.6 Å². The Morgan fingerprint density at radius 1 is 1.61 bits per heavy atom. The lowest BCUT2D eigenvalue weighted by Crippen LogP contribution is -2.66. The van der Waals surface area contributed by atoms with Crippen LogP contribution in [0.25, 0.3) is 0 Å². The first-order valence-electron chi connectivity index (χ1n) is 7.44. The fourth-order valence-electron chi connectivity index (χ4n) is 3.48. The second kappa shape index (κ2) is 6.18. The predicted molar refractivity (Wildman–Crippen MR) is 86.5 cm³/mol. The number of benzene rings is 1. The Morgan fingerprint density at radius 2 is 2.39 bits per heavy atom. The van der Waals surface area contributed by atoms with Crippen LogP contribution in [-0.2, 0) is 10.3 Å². The van der Waals surface area contributed by atoms with E-state index >= 15 is 0 Å². The summed E-state index contributed by atoms with van der Waals surface area (Å²) in [6, 6.07) is 4.48. The van der Waals surface area contributed by atoms with Crippen molar-refractivity contribution in [2.75, 3.05) is 24.7 Å². The summed E-state index contributed by atoms with van der Waals surface area (Å²) in [4.78, 5) is 11.0. The number of carboxylic acid groups (broad SMARTS) is 1. The van der Waals surface area contributed by atoms with Crippen LogP contribution in [0.2, 0.25) is 0 Å². The molecule has 2 fully saturated rings. The SMILES string of the molecule is CC1COCC2(c3cc(N)ccc3F)NC(NC(=O)O)SCC12. The number of carbonyl (C=O) groups is 1. The molecule has 0 bridgehead atoms. The van der Waals surface area contributed by atoms with Gasteiger partial charge >= 0.3 is 6.09 Å². The Hall–Kier alpha value is -1.51. The van der Waals surface area contributed by atoms with E-state index in [2.05, 4.69) is 17.6 Å². The number of nitrogen functional groups attached to an aromatic ring is 1. The number of hydrogen-bond acceptors (Lipinski definition) is 5. The summed E-state index contributed by atoms with van der Waals surface area (Å²) in [5, 5.41) is 14.7. The smallest absolute Gasteiger partial charge is 0.406 e. The van der Waals surface area contributed by atoms with Crippen molar-refractivity contribution >= 4 is 23.5 Å². The quantitative estimate of drug-likeness (QED) is 0.612. The second-order valence-corrected chi connectivity index (χ2v) is 7.25. The Labute approximate surface area is 138 Å². The Morgan fingerprint density at radius 3 is 3.13 bits per heavy atom. The summed E-state index contributed by atoms with van der Waals surface area (Å²) in [5.41, 5.74) is 5.43. The molecule has 6 nitrogen and oxygen atoms in total. The molecule has 2 aliphatic heterocycles. The van der Waals surface area contributed by atoms with Gasteiger partial charge in [-0.3, -0.25) is 10.6 Å². The van der Waals surface area contributed by atoms with Crippen LogP contribution in [0.4, 0.5) is 14.9 Å². The highest BCUT2D eigenvalue weighted by Crippen LogP contribution is 2.45. The van der Waals surface area contributed by atoms with Crippen molar-refractivity contribution in [1.29, 1.82) is 0 Å². The fraction of sp³-hybridized carbons (Fsp3) is 0.533. The number of amides is 1. The zero-order valence-electron chi connectivity index (χ0n) is 12.7. The molecule has 2 heterocycles. The van der Waals surface area contributed by atoms with Gasteiger partial charge in [0.2, 0.25) is 0 Å². The molecular formula is C15H20FN3O3S. The van der Waals surface area contributed by atoms with E-state index in [-0.39, 0.29) is 24.3 Å². The minimum Gasteiger partial charge on any atom is -0.465 e. The molecule has 0 aromatic heterocycles. The highest BCUT2D eigenvalue weighted by molar-refractivity contribution is 7.99. The molecule has 0 aliphatic carbocycles. The van der Waals surface area contributed by atoms with Crippen molar-refractivity contribution in [2.45, 2.75) is 18.0 Å². The number of halogens is 1. The van der Waals surface area contributed by atoms with E-state index in [4.69, 9.17) is 15.6 Å². The zero-order chi connectivity index (χ0) is 16.6. The van der Waals surface area contributed by atoms with Gasteiger partial charge in [0.05, 0.1) is 12.1 Å². The molecule has 8 heteroatoms. The number of fused-ring (bicyclic) bond motifs is 1. The maximum atomic E-state index is 14.5. The highest BCUT2D eigenvalue weighted by Gasteiger charge is 2.51. The number of rotatable bonds is 2. The van der Waals surface area contributed by atoms with E-state index in [1.165, 1.54) is 23.9 Å². The molecule has 2 saturated heterocycles. The number of thioether (sulfide) groups is 1. The van der Waals surface area contributed by atoms with Crippen LogP contribution < -0.4 is 16.4 Å². The lowest BCUT2D eigenvalue weighted by atomic mass is 9.71. The van der Waals surface area contributed by atoms with Crippen molar-refractivity contribution in [3.8, 4) is 0 Å². The van der Waals surface area contributed by atoms with Crippen molar-refractivity contribution < 1.29 is 19.0 Å². The molecular weight excluding hydrogens is 321 g/mol. The molecule has 2 aliphatic rings. The summed E-state index contributed by atoms with van der Waals surface area (Å²) in [5.74, 6) is 0.673. The average molecular weight is 341 g/mol. The molecule has 1 aromatic carbocycles. The molecule has 0 radical (unpaired) electrons. The standard InChI is InChI=1S/C15H20FN3O3S/c1-8-5-22-7-15(10-4-9(17)2-3-12(10)16)11(8)6-23-13(19-15)18-14(20)21/h2-4,8,11,13,18-19H,5-7,17H2,1H3,(H,20,21). The molecule has 126 valence electrons. The first-order chi connectivity index (χ1) is 10.9. The van der Waals surface area contributed by atoms with Gasteiger partial charge in [-0.2, -0.15) is 0 Å². The monoisotopic (exact) mass is 341 g/mol. The van der Waals surface area contributed by atoms with Gasteiger partial charge in [-0.05, 0) is 30.0 Å². The van der Waals surface area contributed by atoms with Gasteiger partial charge in [-0.1, -0.05) is 6.92 Å². The minimum atomic E-state index is -1.12. The molecule has 4 atom stereocenters. The second-order valence-electron chi connectivity index (χ2n) is 6.12. The first-order valence-corrected chi connectivity index (χ1v) is 8.49. The fourth-order valence-corrected chi connectivity index (χ4v) is 4.97. The van der Waals surface area contributed by atoms with Crippen LogP contribution in [-0.4, -0.2) is 35.7 Å². The minimum absolute atomic E-state index is 0.115. The van der Waals surface area contributed by atoms with E-state index < -0.39 is 17.1 Å². The van der Waals surface area contributed by atoms with Crippen molar-refractivity contribution in [3.63, 3.8) is 0 Å². The largest absolute Gasteiger partial charge is 0.465 e. The van der Waals surface area contributed by atoms with Crippen LogP contribution in [0.1, 0.15) is 12.5 Å². The summed E-state index contributed by atoms with van der Waals surface area (Å²) in [7, 11) is 0. The number of anilines is 1. The van der Waals surface area contributed by atoms with Crippen molar-refractivity contribution in [2.24, 2.45) is 11.8 Å². The third kappa shape index (κ3) is 2.98. The number of nitrogens with one attached hydrogen (secondary N) is 2. The molecule has 23 heavy (non-hydrogen) atoms. The van der Waals surface area contributed by atoms with Gasteiger partial charge in [0.25, 0.3) is 0 Å². The lowest BCUT2D eigenvalue weighted by molar-refractivity contribution is -0.0574. The zero-order valence-corrected chi connectivity index (χ0v) is 13.5. The third-order valence-corrected chi connectivity index (χ3v) is 5.71. The summed E-state index contributed by atoms with van der Waals surface area (Å²) in [6.45, 7) is 2.95. The molecule has 0 saturated carbocycles. The first kappa shape index (κ1) is 16.4. The van der Waals surface area contributed by atoms with Gasteiger partial charge in [0.1, 0.15) is 11.3 Å². The van der Waals surface area contributed by atoms with Crippen LogP contribution in [0.15, 0.2) is 18.2 Å². The Bertz CT molecular complexity index is 618. The van der Waals surface area contributed by atoms with Gasteiger partial charge < -0.3 is 15.6 Å². The van der Waals surface area contributed by atoms with Gasteiger partial charge in [0, 0.05) is 23.6 Å². The molecule has 4 unspecified atom stereocenters. The van der Waals surface area contributed by atoms with Crippen LogP contribution in [0.3, 0.4) is 0 Å². The van der Waals surface area contributed by atoms with Crippen LogP contribution in [0, 0.1) is 17.7 Å². The maximum absolute atomic E-state index is 14.5. The number of nitrogens with two attached hydrogens (primary N) is 1. The van der Waals surface area contributed by atoms with Gasteiger partial charge in [-0.15, -0.1) is 11.8 Å². The topological polar surface area (TPSA) is 96.6 Å². The third-order valence-electron chi connectivity index (χ3n) is 4.59.